The van der Waals surface area contributed by atoms with E-state index in [4.69, 9.17) is 16.3 Å². The van der Waals surface area contributed by atoms with Gasteiger partial charge in [-0.3, -0.25) is 10.2 Å². The van der Waals surface area contributed by atoms with Gasteiger partial charge in [-0.05, 0) is 72.6 Å². The maximum absolute atomic E-state index is 14.9. The summed E-state index contributed by atoms with van der Waals surface area (Å²) < 4.78 is 102. The van der Waals surface area contributed by atoms with Gasteiger partial charge in [0.1, 0.15) is 17.3 Å². The van der Waals surface area contributed by atoms with E-state index in [0.717, 1.165) is 25.2 Å². The predicted molar refractivity (Wildman–Crippen MR) is 130 cm³/mol. The van der Waals surface area contributed by atoms with Crippen LogP contribution in [0.15, 0.2) is 46.9 Å². The van der Waals surface area contributed by atoms with Crippen molar-refractivity contribution in [2.45, 2.75) is 44.6 Å². The number of carbonyl (C=O) groups is 2. The number of allylic oxidation sites excluding steroid dienone is 1. The Balaban J connectivity index is 2.47. The lowest BCUT2D eigenvalue weighted by molar-refractivity contribution is -0.140. The quantitative estimate of drug-likeness (QED) is 0.272. The van der Waals surface area contributed by atoms with Crippen molar-refractivity contribution in [2.24, 2.45) is 0 Å². The van der Waals surface area contributed by atoms with Crippen LogP contribution in [-0.2, 0) is 10.9 Å². The lowest BCUT2D eigenvalue weighted by Crippen LogP contribution is -2.46. The summed E-state index contributed by atoms with van der Waals surface area (Å²) in [7, 11) is 1.03. The van der Waals surface area contributed by atoms with E-state index in [0.29, 0.717) is 17.1 Å². The molecule has 208 valence electrons. The second kappa shape index (κ2) is 11.5. The molecule has 0 saturated carbocycles. The van der Waals surface area contributed by atoms with Gasteiger partial charge in [0, 0.05) is 17.1 Å². The molecule has 0 aliphatic heterocycles. The zero-order valence-corrected chi connectivity index (χ0v) is 22.5. The number of carbonyl (C=O) groups excluding carboxylic acids is 2. The lowest BCUT2D eigenvalue weighted by atomic mass is 9.95. The largest absolute Gasteiger partial charge is 0.442 e. The molecule has 5 nitrogen and oxygen atoms in total. The SMILES string of the molecule is CN(NC(=O)c1ccc(C(F)=CC(c2ccc(Cl)c(Br)c2)C(F)(F)F)cc1C(F)(F)F)C(=O)OC(C)(C)C. The van der Waals surface area contributed by atoms with Crippen LogP contribution in [0.4, 0.5) is 35.5 Å². The third kappa shape index (κ3) is 8.35. The van der Waals surface area contributed by atoms with Crippen molar-refractivity contribution in [1.82, 2.24) is 10.4 Å². The second-order valence-electron chi connectivity index (χ2n) is 8.95. The number of alkyl halides is 6. The van der Waals surface area contributed by atoms with Gasteiger partial charge in [0.2, 0.25) is 0 Å². The number of hydrogen-bond acceptors (Lipinski definition) is 3. The summed E-state index contributed by atoms with van der Waals surface area (Å²) >= 11 is 8.77. The Bertz CT molecular complexity index is 1240. The number of amides is 2. The van der Waals surface area contributed by atoms with Crippen LogP contribution in [0.2, 0.25) is 5.02 Å². The molecule has 14 heteroatoms. The van der Waals surface area contributed by atoms with Crippen LogP contribution in [0.3, 0.4) is 0 Å². The molecule has 2 rings (SSSR count). The predicted octanol–water partition coefficient (Wildman–Crippen LogP) is 8.29. The first-order valence-corrected chi connectivity index (χ1v) is 11.8. The summed E-state index contributed by atoms with van der Waals surface area (Å²) in [4.78, 5) is 24.5. The van der Waals surface area contributed by atoms with E-state index in [1.165, 1.54) is 20.8 Å². The fourth-order valence-corrected chi connectivity index (χ4v) is 3.56. The standard InChI is InChI=1S/C24H21BrClF7N2O3/c1-22(2,3)38-21(37)35(4)34-20(36)14-7-5-13(9-16(14)24(31,32)33)19(27)11-15(23(28,29)30)12-6-8-18(26)17(25)10-12/h5-11,15H,1-4H3,(H,34,36). The minimum atomic E-state index is -5.20. The maximum Gasteiger partial charge on any atom is 0.428 e. The summed E-state index contributed by atoms with van der Waals surface area (Å²) in [5.41, 5.74) is -2.95. The van der Waals surface area contributed by atoms with Crippen molar-refractivity contribution < 1.29 is 45.1 Å². The molecule has 2 aromatic carbocycles. The van der Waals surface area contributed by atoms with Gasteiger partial charge in [-0.25, -0.2) is 14.2 Å². The zero-order valence-electron chi connectivity index (χ0n) is 20.2. The highest BCUT2D eigenvalue weighted by Gasteiger charge is 2.41. The smallest absolute Gasteiger partial charge is 0.428 e. The van der Waals surface area contributed by atoms with Crippen molar-refractivity contribution in [3.8, 4) is 0 Å². The van der Waals surface area contributed by atoms with Crippen LogP contribution in [0.25, 0.3) is 5.83 Å². The molecule has 38 heavy (non-hydrogen) atoms. The molecule has 0 aliphatic carbocycles. The first-order chi connectivity index (χ1) is 17.2. The number of rotatable bonds is 4. The minimum Gasteiger partial charge on any atom is -0.442 e. The number of ether oxygens (including phenoxy) is 1. The van der Waals surface area contributed by atoms with E-state index in [9.17, 15) is 40.3 Å². The first-order valence-electron chi connectivity index (χ1n) is 10.6. The summed E-state index contributed by atoms with van der Waals surface area (Å²) in [6, 6.07) is 4.68. The van der Waals surface area contributed by atoms with Gasteiger partial charge in [-0.2, -0.15) is 26.3 Å². The van der Waals surface area contributed by atoms with E-state index in [2.05, 4.69) is 15.9 Å². The molecule has 0 fully saturated rings. The van der Waals surface area contributed by atoms with Gasteiger partial charge >= 0.3 is 18.4 Å². The first kappa shape index (κ1) is 31.4. The van der Waals surface area contributed by atoms with E-state index in [1.54, 1.807) is 0 Å². The third-order valence-electron chi connectivity index (χ3n) is 4.75. The summed E-state index contributed by atoms with van der Waals surface area (Å²) in [6.07, 6.45) is -11.1. The number of nitrogens with one attached hydrogen (secondary N) is 1. The summed E-state index contributed by atoms with van der Waals surface area (Å²) in [5, 5.41) is 0.612. The van der Waals surface area contributed by atoms with E-state index < -0.39 is 64.0 Å². The average molecular weight is 634 g/mol. The molecule has 0 bridgehead atoms. The fourth-order valence-electron chi connectivity index (χ4n) is 3.04. The molecule has 1 atom stereocenters. The molecular formula is C24H21BrClF7N2O3. The molecule has 1 unspecified atom stereocenters. The normalized spacial score (nSPS) is 13.7. The molecule has 0 saturated heterocycles. The molecule has 2 aromatic rings. The van der Waals surface area contributed by atoms with Gasteiger partial charge in [0.15, 0.2) is 0 Å². The molecular weight excluding hydrogens is 613 g/mol. The molecule has 0 radical (unpaired) electrons. The molecule has 0 aliphatic rings. The van der Waals surface area contributed by atoms with Gasteiger partial charge < -0.3 is 4.74 Å². The third-order valence-corrected chi connectivity index (χ3v) is 5.96. The van der Waals surface area contributed by atoms with Crippen molar-refractivity contribution in [2.75, 3.05) is 7.05 Å². The monoisotopic (exact) mass is 632 g/mol. The maximum atomic E-state index is 14.9. The number of nitrogens with zero attached hydrogens (tertiary/aromatic N) is 1. The highest BCUT2D eigenvalue weighted by molar-refractivity contribution is 9.10. The highest BCUT2D eigenvalue weighted by atomic mass is 79.9. The minimum absolute atomic E-state index is 0.0973. The Hall–Kier alpha value is -2.80. The van der Waals surface area contributed by atoms with Crippen molar-refractivity contribution in [3.63, 3.8) is 0 Å². The lowest BCUT2D eigenvalue weighted by Gasteiger charge is -2.25. The van der Waals surface area contributed by atoms with Gasteiger partial charge in [0.25, 0.3) is 5.91 Å². The van der Waals surface area contributed by atoms with Crippen LogP contribution in [-0.4, -0.2) is 35.8 Å². The Morgan fingerprint density at radius 1 is 1.05 bits per heavy atom. The van der Waals surface area contributed by atoms with Gasteiger partial charge in [-0.1, -0.05) is 23.7 Å². The molecule has 0 spiro atoms. The topological polar surface area (TPSA) is 58.6 Å². The van der Waals surface area contributed by atoms with E-state index in [-0.39, 0.29) is 21.6 Å². The van der Waals surface area contributed by atoms with Crippen LogP contribution in [0, 0.1) is 0 Å². The van der Waals surface area contributed by atoms with Gasteiger partial charge in [0.05, 0.1) is 16.1 Å². The number of hydrogen-bond donors (Lipinski definition) is 1. The van der Waals surface area contributed by atoms with E-state index >= 15 is 0 Å². The van der Waals surface area contributed by atoms with Crippen LogP contribution >= 0.6 is 27.5 Å². The van der Waals surface area contributed by atoms with Crippen LogP contribution in [0.1, 0.15) is 53.7 Å². The van der Waals surface area contributed by atoms with Gasteiger partial charge in [-0.15, -0.1) is 0 Å². The molecule has 0 aromatic heterocycles. The van der Waals surface area contributed by atoms with E-state index in [1.807, 2.05) is 5.43 Å². The zero-order chi connectivity index (χ0) is 29.2. The van der Waals surface area contributed by atoms with Crippen molar-refractivity contribution >= 4 is 45.4 Å². The Labute approximate surface area is 226 Å². The number of halogens is 9. The Kier molecular flexibility index (Phi) is 9.53. The average Bonchev–Trinajstić information content (AvgIpc) is 2.76. The number of hydrazine groups is 1. The number of benzene rings is 2. The highest BCUT2D eigenvalue weighted by Crippen LogP contribution is 2.41. The molecule has 1 N–H and O–H groups in total. The van der Waals surface area contributed by atoms with Crippen LogP contribution < -0.4 is 5.43 Å². The fraction of sp³-hybridized carbons (Fsp3) is 0.333. The molecule has 0 heterocycles. The Morgan fingerprint density at radius 2 is 1.66 bits per heavy atom. The summed E-state index contributed by atoms with van der Waals surface area (Å²) in [6.45, 7) is 4.58. The Morgan fingerprint density at radius 3 is 2.16 bits per heavy atom. The van der Waals surface area contributed by atoms with Crippen LogP contribution in [0.5, 0.6) is 0 Å². The summed E-state index contributed by atoms with van der Waals surface area (Å²) in [5.74, 6) is -5.52. The van der Waals surface area contributed by atoms with Crippen molar-refractivity contribution in [1.29, 1.82) is 0 Å². The van der Waals surface area contributed by atoms with Crippen molar-refractivity contribution in [3.05, 3.63) is 74.2 Å². The molecule has 2 amide bonds. The second-order valence-corrected chi connectivity index (χ2v) is 10.2.